The van der Waals surface area contributed by atoms with Crippen LogP contribution in [0.5, 0.6) is 0 Å². The second-order valence-electron chi connectivity index (χ2n) is 15.8. The van der Waals surface area contributed by atoms with E-state index in [4.69, 9.17) is 23.6 Å². The third kappa shape index (κ3) is 40.9. The van der Waals surface area contributed by atoms with Gasteiger partial charge in [-0.15, -0.1) is 0 Å². The van der Waals surface area contributed by atoms with Crippen LogP contribution in [0.1, 0.15) is 232 Å². The van der Waals surface area contributed by atoms with Gasteiger partial charge in [0.05, 0.1) is 19.8 Å². The highest BCUT2D eigenvalue weighted by Crippen LogP contribution is 2.43. The van der Waals surface area contributed by atoms with Gasteiger partial charge >= 0.3 is 19.8 Å². The fourth-order valence-electron chi connectivity index (χ4n) is 6.70. The van der Waals surface area contributed by atoms with Crippen molar-refractivity contribution in [1.29, 1.82) is 0 Å². The number of ether oxygens (including phenoxy) is 2. The third-order valence-electron chi connectivity index (χ3n) is 10.3. The summed E-state index contributed by atoms with van der Waals surface area (Å²) in [5.74, 6) is -0.907. The van der Waals surface area contributed by atoms with Crippen molar-refractivity contribution >= 4 is 19.8 Å². The summed E-state index contributed by atoms with van der Waals surface area (Å²) in [4.78, 5) is 35.0. The molecule has 55 heavy (non-hydrogen) atoms. The summed E-state index contributed by atoms with van der Waals surface area (Å²) in [6.45, 7) is 2.43. The predicted molar refractivity (Wildman–Crippen MR) is 224 cm³/mol. The van der Waals surface area contributed by atoms with Crippen LogP contribution in [0.4, 0.5) is 0 Å². The first-order valence-corrected chi connectivity index (χ1v) is 24.5. The van der Waals surface area contributed by atoms with Crippen LogP contribution in [-0.2, 0) is 32.7 Å². The number of rotatable bonds is 44. The van der Waals surface area contributed by atoms with E-state index in [9.17, 15) is 24.2 Å². The van der Waals surface area contributed by atoms with E-state index in [0.717, 1.165) is 32.1 Å². The molecular weight excluding hydrogens is 719 g/mol. The van der Waals surface area contributed by atoms with Crippen molar-refractivity contribution in [3.8, 4) is 0 Å². The highest BCUT2D eigenvalue weighted by atomic mass is 31.2. The maximum Gasteiger partial charge on any atom is 0.472 e. The smallest absolute Gasteiger partial charge is 0.462 e. The van der Waals surface area contributed by atoms with E-state index in [2.05, 4.69) is 13.8 Å². The van der Waals surface area contributed by atoms with Gasteiger partial charge in [-0.2, -0.15) is 0 Å². The van der Waals surface area contributed by atoms with Crippen LogP contribution in [0.3, 0.4) is 0 Å². The Morgan fingerprint density at radius 3 is 1.13 bits per heavy atom. The number of carbonyl (C=O) groups excluding carboxylic acids is 2. The van der Waals surface area contributed by atoms with Crippen LogP contribution in [0.25, 0.3) is 0 Å². The molecule has 0 aromatic rings. The molecule has 0 bridgehead atoms. The van der Waals surface area contributed by atoms with Crippen LogP contribution < -0.4 is 0 Å². The summed E-state index contributed by atoms with van der Waals surface area (Å²) in [7, 11) is -4.61. The molecule has 0 amide bonds. The van der Waals surface area contributed by atoms with E-state index >= 15 is 0 Å². The number of phosphoric ester groups is 1. The average molecular weight is 807 g/mol. The van der Waals surface area contributed by atoms with E-state index in [-0.39, 0.29) is 19.4 Å². The number of carbonyl (C=O) groups is 2. The number of aliphatic hydroxyl groups is 2. The lowest BCUT2D eigenvalue weighted by molar-refractivity contribution is -0.161. The Morgan fingerprint density at radius 2 is 0.782 bits per heavy atom. The van der Waals surface area contributed by atoms with Crippen molar-refractivity contribution in [2.75, 3.05) is 26.4 Å². The van der Waals surface area contributed by atoms with E-state index in [1.54, 1.807) is 0 Å². The van der Waals surface area contributed by atoms with Crippen LogP contribution in [-0.4, -0.2) is 65.7 Å². The quantitative estimate of drug-likeness (QED) is 0.0308. The summed E-state index contributed by atoms with van der Waals surface area (Å²) in [5.41, 5.74) is 0. The Labute approximate surface area is 337 Å². The summed E-state index contributed by atoms with van der Waals surface area (Å²) in [6.07, 6.45) is 37.8. The summed E-state index contributed by atoms with van der Waals surface area (Å²) < 4.78 is 32.8. The lowest BCUT2D eigenvalue weighted by Gasteiger charge is -2.20. The first-order valence-electron chi connectivity index (χ1n) is 23.0. The van der Waals surface area contributed by atoms with E-state index in [0.29, 0.717) is 12.8 Å². The molecule has 0 rings (SSSR count). The molecule has 0 aliphatic rings. The lowest BCUT2D eigenvalue weighted by Crippen LogP contribution is -2.29. The second-order valence-corrected chi connectivity index (χ2v) is 17.3. The zero-order valence-electron chi connectivity index (χ0n) is 35.7. The standard InChI is InChI=1S/C44H87O10P/c1-3-5-7-9-11-13-15-17-19-20-22-24-26-28-30-32-34-36-44(48)54-42(40-53-55(49,50)52-38-41(46)37-45)39-51-43(47)35-33-31-29-27-25-23-21-18-16-14-12-10-8-6-4-2/h41-42,45-46H,3-40H2,1-2H3,(H,49,50)/t41-,42+/m0/s1. The van der Waals surface area contributed by atoms with Gasteiger partial charge in [0.2, 0.25) is 0 Å². The number of phosphoric acid groups is 1. The molecule has 0 heterocycles. The molecule has 0 aromatic heterocycles. The molecule has 0 saturated heterocycles. The van der Waals surface area contributed by atoms with Gasteiger partial charge in [-0.05, 0) is 12.8 Å². The minimum absolute atomic E-state index is 0.193. The normalized spacial score (nSPS) is 13.8. The van der Waals surface area contributed by atoms with Gasteiger partial charge in [0, 0.05) is 12.8 Å². The molecular formula is C44H87O10P. The van der Waals surface area contributed by atoms with E-state index < -0.39 is 51.8 Å². The SMILES string of the molecule is CCCCCCCCCCCCCCCCCCCC(=O)O[C@H](COC(=O)CCCCCCCCCCCCCCCCC)COP(=O)(O)OC[C@@H](O)CO. The molecule has 0 spiro atoms. The maximum absolute atomic E-state index is 12.6. The van der Waals surface area contributed by atoms with Crippen molar-refractivity contribution in [3.63, 3.8) is 0 Å². The molecule has 3 atom stereocenters. The molecule has 1 unspecified atom stereocenters. The summed E-state index contributed by atoms with van der Waals surface area (Å²) in [6, 6.07) is 0. The molecule has 10 nitrogen and oxygen atoms in total. The van der Waals surface area contributed by atoms with Crippen molar-refractivity contribution < 1.29 is 47.8 Å². The van der Waals surface area contributed by atoms with Crippen LogP contribution in [0.2, 0.25) is 0 Å². The van der Waals surface area contributed by atoms with Gasteiger partial charge in [-0.25, -0.2) is 4.57 Å². The van der Waals surface area contributed by atoms with Crippen LogP contribution in [0.15, 0.2) is 0 Å². The van der Waals surface area contributed by atoms with Crippen molar-refractivity contribution in [2.45, 2.75) is 244 Å². The Kier molecular flexibility index (Phi) is 40.4. The molecule has 0 aromatic carbocycles. The predicted octanol–water partition coefficient (Wildman–Crippen LogP) is 12.2. The monoisotopic (exact) mass is 807 g/mol. The van der Waals surface area contributed by atoms with Gasteiger partial charge in [0.1, 0.15) is 12.7 Å². The molecule has 328 valence electrons. The topological polar surface area (TPSA) is 149 Å². The number of hydrogen-bond donors (Lipinski definition) is 3. The minimum Gasteiger partial charge on any atom is -0.462 e. The van der Waals surface area contributed by atoms with E-state index in [1.807, 2.05) is 0 Å². The first kappa shape index (κ1) is 54.0. The Bertz CT molecular complexity index is 889. The Morgan fingerprint density at radius 1 is 0.473 bits per heavy atom. The third-order valence-corrected chi connectivity index (χ3v) is 11.2. The zero-order valence-corrected chi connectivity index (χ0v) is 36.6. The maximum atomic E-state index is 12.6. The largest absolute Gasteiger partial charge is 0.472 e. The van der Waals surface area contributed by atoms with Gasteiger partial charge in [0.25, 0.3) is 0 Å². The fraction of sp³-hybridized carbons (Fsp3) is 0.955. The van der Waals surface area contributed by atoms with E-state index in [1.165, 1.54) is 161 Å². The Balaban J connectivity index is 4.21. The molecule has 0 saturated carbocycles. The minimum atomic E-state index is -4.61. The number of hydrogen-bond acceptors (Lipinski definition) is 9. The second kappa shape index (κ2) is 41.1. The molecule has 0 aliphatic carbocycles. The lowest BCUT2D eigenvalue weighted by atomic mass is 10.0. The highest BCUT2D eigenvalue weighted by molar-refractivity contribution is 7.47. The Hall–Kier alpha value is -1.03. The van der Waals surface area contributed by atoms with Crippen LogP contribution in [0, 0.1) is 0 Å². The zero-order chi connectivity index (χ0) is 40.5. The summed E-state index contributed by atoms with van der Waals surface area (Å²) in [5, 5.41) is 18.3. The summed E-state index contributed by atoms with van der Waals surface area (Å²) >= 11 is 0. The number of aliphatic hydroxyl groups excluding tert-OH is 2. The molecule has 0 aliphatic heterocycles. The molecule has 11 heteroatoms. The average Bonchev–Trinajstić information content (AvgIpc) is 3.17. The van der Waals surface area contributed by atoms with Crippen molar-refractivity contribution in [3.05, 3.63) is 0 Å². The number of unbranched alkanes of at least 4 members (excludes halogenated alkanes) is 30. The molecule has 0 radical (unpaired) electrons. The number of esters is 2. The van der Waals surface area contributed by atoms with Crippen molar-refractivity contribution in [2.24, 2.45) is 0 Å². The van der Waals surface area contributed by atoms with Gasteiger partial charge in [-0.1, -0.05) is 206 Å². The fourth-order valence-corrected chi connectivity index (χ4v) is 7.49. The molecule has 3 N–H and O–H groups in total. The van der Waals surface area contributed by atoms with Gasteiger partial charge < -0.3 is 24.6 Å². The molecule has 0 fully saturated rings. The highest BCUT2D eigenvalue weighted by Gasteiger charge is 2.27. The first-order chi connectivity index (χ1) is 26.7. The van der Waals surface area contributed by atoms with Crippen LogP contribution >= 0.6 is 7.82 Å². The van der Waals surface area contributed by atoms with Gasteiger partial charge in [0.15, 0.2) is 6.10 Å². The van der Waals surface area contributed by atoms with Crippen molar-refractivity contribution in [1.82, 2.24) is 0 Å². The van der Waals surface area contributed by atoms with Gasteiger partial charge in [-0.3, -0.25) is 18.6 Å².